The van der Waals surface area contributed by atoms with Gasteiger partial charge in [0.05, 0.1) is 11.1 Å². The number of hydrogen-bond donors (Lipinski definition) is 1. The molecule has 0 spiro atoms. The minimum absolute atomic E-state index is 0.246. The molecule has 2 aromatic rings. The van der Waals surface area contributed by atoms with Gasteiger partial charge in [0.1, 0.15) is 5.82 Å². The number of ether oxygens (including phenoxy) is 1. The Balaban J connectivity index is 2.03. The van der Waals surface area contributed by atoms with Crippen LogP contribution in [0.2, 0.25) is 0 Å². The molecular weight excluding hydrogens is 395 g/mol. The summed E-state index contributed by atoms with van der Waals surface area (Å²) in [5.41, 5.74) is 5.56. The summed E-state index contributed by atoms with van der Waals surface area (Å²) in [6, 6.07) is 7.58. The lowest BCUT2D eigenvalue weighted by molar-refractivity contribution is -0.138. The number of carbonyl (C=O) groups excluding carboxylic acids is 1. The highest BCUT2D eigenvalue weighted by atomic mass is 19.4. The topological polar surface area (TPSA) is 68.5 Å². The van der Waals surface area contributed by atoms with Crippen molar-refractivity contribution in [3.05, 3.63) is 53.2 Å². The number of nitrogens with zero attached hydrogens (tertiary/aromatic N) is 2. The van der Waals surface area contributed by atoms with E-state index in [-0.39, 0.29) is 23.0 Å². The highest BCUT2D eigenvalue weighted by Crippen LogP contribution is 2.39. The van der Waals surface area contributed by atoms with Gasteiger partial charge in [0.2, 0.25) is 5.91 Å². The number of primary amides is 1. The zero-order valence-electron chi connectivity index (χ0n) is 17.1. The number of anilines is 2. The molecule has 0 atom stereocenters. The smallest absolute Gasteiger partial charge is 0.381 e. The van der Waals surface area contributed by atoms with E-state index >= 15 is 0 Å². The molecule has 2 N–H and O–H groups in total. The second kappa shape index (κ2) is 9.04. The molecule has 162 valence electrons. The predicted octanol–water partition coefficient (Wildman–Crippen LogP) is 4.89. The zero-order valence-corrected chi connectivity index (χ0v) is 17.1. The van der Waals surface area contributed by atoms with Crippen LogP contribution in [0.1, 0.15) is 54.1 Å². The Bertz CT molecular complexity index is 876. The van der Waals surface area contributed by atoms with Crippen LogP contribution in [0.25, 0.3) is 0 Å². The van der Waals surface area contributed by atoms with Gasteiger partial charge in [-0.15, -0.1) is 0 Å². The summed E-state index contributed by atoms with van der Waals surface area (Å²) in [6.45, 7) is 5.26. The van der Waals surface area contributed by atoms with Crippen molar-refractivity contribution in [2.75, 3.05) is 24.7 Å². The minimum atomic E-state index is -4.46. The van der Waals surface area contributed by atoms with Gasteiger partial charge in [-0.25, -0.2) is 4.98 Å². The first-order chi connectivity index (χ1) is 14.2. The molecule has 1 amide bonds. The van der Waals surface area contributed by atoms with Crippen LogP contribution in [0.3, 0.4) is 0 Å². The van der Waals surface area contributed by atoms with E-state index in [1.54, 1.807) is 30.9 Å². The van der Waals surface area contributed by atoms with Crippen LogP contribution in [0.15, 0.2) is 36.5 Å². The molecule has 1 aromatic heterocycles. The highest BCUT2D eigenvalue weighted by Gasteiger charge is 2.35. The second-order valence-corrected chi connectivity index (χ2v) is 7.86. The summed E-state index contributed by atoms with van der Waals surface area (Å²) in [5, 5.41) is 0. The van der Waals surface area contributed by atoms with Crippen molar-refractivity contribution < 1.29 is 22.7 Å². The zero-order chi connectivity index (χ0) is 21.9. The summed E-state index contributed by atoms with van der Waals surface area (Å²) < 4.78 is 46.7. The number of carbonyl (C=O) groups is 1. The average Bonchev–Trinajstić information content (AvgIpc) is 2.72. The second-order valence-electron chi connectivity index (χ2n) is 7.86. The number of aromatic nitrogens is 1. The van der Waals surface area contributed by atoms with Gasteiger partial charge in [0.25, 0.3) is 0 Å². The SMILES string of the molecule is CC(C)c1ccc(N(CC2CCOCC2)c2ccc(C(N)=O)cn2)cc1C(F)(F)F. The molecule has 1 aliphatic rings. The Morgan fingerprint density at radius 3 is 2.47 bits per heavy atom. The van der Waals surface area contributed by atoms with Crippen LogP contribution in [0.4, 0.5) is 24.7 Å². The maximum Gasteiger partial charge on any atom is 0.416 e. The minimum Gasteiger partial charge on any atom is -0.381 e. The molecule has 1 aliphatic heterocycles. The fourth-order valence-electron chi connectivity index (χ4n) is 3.67. The largest absolute Gasteiger partial charge is 0.416 e. The number of pyridine rings is 1. The first kappa shape index (κ1) is 22.1. The number of amides is 1. The Hall–Kier alpha value is -2.61. The Kier molecular flexibility index (Phi) is 6.65. The summed E-state index contributed by atoms with van der Waals surface area (Å²) in [6.07, 6.45) is -1.46. The van der Waals surface area contributed by atoms with Gasteiger partial charge in [0, 0.05) is 31.6 Å². The van der Waals surface area contributed by atoms with Gasteiger partial charge in [0.15, 0.2) is 0 Å². The first-order valence-electron chi connectivity index (χ1n) is 9.99. The molecule has 0 radical (unpaired) electrons. The molecule has 2 heterocycles. The quantitative estimate of drug-likeness (QED) is 0.721. The van der Waals surface area contributed by atoms with Crippen LogP contribution in [0, 0.1) is 5.92 Å². The third-order valence-corrected chi connectivity index (χ3v) is 5.37. The molecule has 0 saturated carbocycles. The maximum atomic E-state index is 13.8. The van der Waals surface area contributed by atoms with Gasteiger partial charge in [-0.3, -0.25) is 4.79 Å². The van der Waals surface area contributed by atoms with Crippen molar-refractivity contribution >= 4 is 17.4 Å². The first-order valence-corrected chi connectivity index (χ1v) is 9.99. The number of rotatable bonds is 6. The van der Waals surface area contributed by atoms with E-state index < -0.39 is 17.6 Å². The summed E-state index contributed by atoms with van der Waals surface area (Å²) in [7, 11) is 0. The van der Waals surface area contributed by atoms with E-state index in [0.717, 1.165) is 12.8 Å². The fraction of sp³-hybridized carbons (Fsp3) is 0.455. The number of benzene rings is 1. The predicted molar refractivity (Wildman–Crippen MR) is 109 cm³/mol. The molecule has 1 saturated heterocycles. The van der Waals surface area contributed by atoms with E-state index in [1.165, 1.54) is 24.4 Å². The average molecular weight is 421 g/mol. The molecule has 3 rings (SSSR count). The van der Waals surface area contributed by atoms with Crippen LogP contribution in [0.5, 0.6) is 0 Å². The number of hydrogen-bond acceptors (Lipinski definition) is 4. The van der Waals surface area contributed by atoms with Crippen LogP contribution >= 0.6 is 0 Å². The molecule has 1 fully saturated rings. The van der Waals surface area contributed by atoms with Crippen molar-refractivity contribution in [2.24, 2.45) is 11.7 Å². The molecule has 0 bridgehead atoms. The number of halogens is 3. The third kappa shape index (κ3) is 5.11. The van der Waals surface area contributed by atoms with E-state index in [4.69, 9.17) is 10.5 Å². The molecule has 30 heavy (non-hydrogen) atoms. The number of nitrogens with two attached hydrogens (primary N) is 1. The normalized spacial score (nSPS) is 15.4. The fourth-order valence-corrected chi connectivity index (χ4v) is 3.67. The van der Waals surface area contributed by atoms with Crippen molar-refractivity contribution in [1.82, 2.24) is 4.98 Å². The van der Waals surface area contributed by atoms with Gasteiger partial charge in [-0.05, 0) is 54.5 Å². The van der Waals surface area contributed by atoms with Crippen LogP contribution in [-0.2, 0) is 10.9 Å². The Morgan fingerprint density at radius 1 is 1.23 bits per heavy atom. The van der Waals surface area contributed by atoms with E-state index in [1.807, 2.05) is 0 Å². The van der Waals surface area contributed by atoms with E-state index in [9.17, 15) is 18.0 Å². The molecule has 0 unspecified atom stereocenters. The van der Waals surface area contributed by atoms with E-state index in [0.29, 0.717) is 31.3 Å². The molecule has 0 aliphatic carbocycles. The molecule has 8 heteroatoms. The van der Waals surface area contributed by atoms with Crippen LogP contribution in [-0.4, -0.2) is 30.6 Å². The van der Waals surface area contributed by atoms with Crippen molar-refractivity contribution in [3.63, 3.8) is 0 Å². The van der Waals surface area contributed by atoms with Gasteiger partial charge in [-0.2, -0.15) is 13.2 Å². The summed E-state index contributed by atoms with van der Waals surface area (Å²) in [4.78, 5) is 17.4. The van der Waals surface area contributed by atoms with Crippen molar-refractivity contribution in [3.8, 4) is 0 Å². The molecule has 1 aromatic carbocycles. The van der Waals surface area contributed by atoms with Gasteiger partial charge < -0.3 is 15.4 Å². The molecule has 5 nitrogen and oxygen atoms in total. The lowest BCUT2D eigenvalue weighted by Gasteiger charge is -2.31. The number of alkyl halides is 3. The lowest BCUT2D eigenvalue weighted by Crippen LogP contribution is -2.30. The van der Waals surface area contributed by atoms with Crippen molar-refractivity contribution in [1.29, 1.82) is 0 Å². The van der Waals surface area contributed by atoms with E-state index in [2.05, 4.69) is 4.98 Å². The summed E-state index contributed by atoms with van der Waals surface area (Å²) in [5.74, 6) is -0.134. The van der Waals surface area contributed by atoms with Gasteiger partial charge in [-0.1, -0.05) is 19.9 Å². The summed E-state index contributed by atoms with van der Waals surface area (Å²) >= 11 is 0. The Morgan fingerprint density at radius 2 is 1.93 bits per heavy atom. The lowest BCUT2D eigenvalue weighted by atomic mass is 9.95. The maximum absolute atomic E-state index is 13.8. The standard InChI is InChI=1S/C22H26F3N3O2/c1-14(2)18-5-4-17(11-19(18)22(23,24)25)28(13-15-7-9-30-10-8-15)20-6-3-16(12-27-20)21(26)29/h3-6,11-12,14-15H,7-10,13H2,1-2H3,(H2,26,29). The third-order valence-electron chi connectivity index (χ3n) is 5.37. The monoisotopic (exact) mass is 421 g/mol. The van der Waals surface area contributed by atoms with Crippen LogP contribution < -0.4 is 10.6 Å². The van der Waals surface area contributed by atoms with Gasteiger partial charge >= 0.3 is 6.18 Å². The highest BCUT2D eigenvalue weighted by molar-refractivity contribution is 5.92. The molecular formula is C22H26F3N3O2. The Labute approximate surface area is 174 Å². The van der Waals surface area contributed by atoms with Crippen molar-refractivity contribution in [2.45, 2.75) is 38.8 Å².